The van der Waals surface area contributed by atoms with E-state index in [4.69, 9.17) is 26.8 Å². The van der Waals surface area contributed by atoms with Crippen LogP contribution in [0.25, 0.3) is 0 Å². The Hall–Kier alpha value is -4.64. The van der Waals surface area contributed by atoms with E-state index in [1.807, 2.05) is 37.0 Å². The van der Waals surface area contributed by atoms with Gasteiger partial charge in [-0.1, -0.05) is 19.9 Å². The molecule has 1 amide bonds. The van der Waals surface area contributed by atoms with Crippen LogP contribution in [-0.4, -0.2) is 107 Å². The fourth-order valence-electron chi connectivity index (χ4n) is 9.35. The van der Waals surface area contributed by atoms with Crippen LogP contribution in [0.15, 0.2) is 122 Å². The summed E-state index contributed by atoms with van der Waals surface area (Å²) in [6.45, 7) is 11.1. The maximum atomic E-state index is 12.5. The lowest BCUT2D eigenvalue weighted by molar-refractivity contribution is -0.438. The Morgan fingerprint density at radius 3 is 2.20 bits per heavy atom. The number of nitrogens with zero attached hydrogens (tertiary/aromatic N) is 2. The number of hydrogen-bond donors (Lipinski definition) is 5. The summed E-state index contributed by atoms with van der Waals surface area (Å²) in [7, 11) is -11.6. The van der Waals surface area contributed by atoms with Crippen LogP contribution in [0.4, 0.5) is 11.4 Å². The first-order valence-electron chi connectivity index (χ1n) is 23.7. The molecule has 0 bridgehead atoms. The standard InChI is InChI=1S/C51H65N3O13S4/c1-50(2)42-34-39(68)19-23-44(42)53(28-8-6-7-14-48(55)52-27-30-66-32-31-65-5)46(50)25-15-36-12-11-13-37(49(36)67-38-17-20-40(21-18-38)70(59,60)61)16-26-47-51(3,4)43-35-41(71(62,63)64)22-24-45(43)54(47)29-9-10-33-69(56,57)58/h15-26,34-35H,6-14,27-33H2,1-5H3,(H4-,52,55,56,57,58,59,60,61,62,63,64,68)/p+1. The molecule has 0 saturated carbocycles. The monoisotopic (exact) mass is 1060 g/mol. The van der Waals surface area contributed by atoms with Gasteiger partial charge in [-0.3, -0.25) is 18.5 Å². The number of ether oxygens (including phenoxy) is 3. The molecule has 3 aromatic rings. The van der Waals surface area contributed by atoms with Gasteiger partial charge in [0.05, 0.1) is 40.8 Å². The number of hydrogen-bond acceptors (Lipinski definition) is 12. The van der Waals surface area contributed by atoms with E-state index in [0.717, 1.165) is 64.4 Å². The third-order valence-electron chi connectivity index (χ3n) is 13.1. The van der Waals surface area contributed by atoms with Gasteiger partial charge in [-0.05, 0) is 142 Å². The summed E-state index contributed by atoms with van der Waals surface area (Å²) in [6, 6.07) is 16.0. The van der Waals surface area contributed by atoms with Crippen LogP contribution < -0.4 is 15.0 Å². The number of thiol groups is 1. The fourth-order valence-corrected chi connectivity index (χ4v) is 11.1. The molecule has 6 rings (SSSR count). The number of allylic oxidation sites excluding steroid dienone is 7. The summed E-state index contributed by atoms with van der Waals surface area (Å²) < 4.78 is 120. The van der Waals surface area contributed by atoms with E-state index < -0.39 is 46.9 Å². The second-order valence-electron chi connectivity index (χ2n) is 18.9. The first-order chi connectivity index (χ1) is 33.4. The molecule has 0 radical (unpaired) electrons. The summed E-state index contributed by atoms with van der Waals surface area (Å²) in [5.41, 5.74) is 5.81. The largest absolute Gasteiger partial charge is 0.457 e. The Kier molecular flexibility index (Phi) is 18.4. The molecule has 20 heteroatoms. The van der Waals surface area contributed by atoms with Crippen LogP contribution in [0.5, 0.6) is 5.75 Å². The van der Waals surface area contributed by atoms with Gasteiger partial charge in [0.2, 0.25) is 11.6 Å². The van der Waals surface area contributed by atoms with Crippen LogP contribution in [0.2, 0.25) is 0 Å². The molecule has 386 valence electrons. The van der Waals surface area contributed by atoms with E-state index in [0.29, 0.717) is 87.9 Å². The summed E-state index contributed by atoms with van der Waals surface area (Å²) in [4.78, 5) is 14.8. The van der Waals surface area contributed by atoms with Gasteiger partial charge in [0.25, 0.3) is 30.4 Å². The summed E-state index contributed by atoms with van der Waals surface area (Å²) in [5.74, 6) is 0.445. The highest BCUT2D eigenvalue weighted by molar-refractivity contribution is 7.86. The molecule has 3 aliphatic rings. The van der Waals surface area contributed by atoms with Crippen molar-refractivity contribution in [2.45, 2.75) is 111 Å². The van der Waals surface area contributed by atoms with Gasteiger partial charge in [-0.25, -0.2) is 0 Å². The first kappa shape index (κ1) is 55.7. The number of unbranched alkanes of at least 4 members (excludes halogenated alkanes) is 3. The predicted octanol–water partition coefficient (Wildman–Crippen LogP) is 8.53. The number of anilines is 1. The second kappa shape index (κ2) is 23.5. The summed E-state index contributed by atoms with van der Waals surface area (Å²) in [5, 5.41) is 2.91. The average Bonchev–Trinajstić information content (AvgIpc) is 3.64. The van der Waals surface area contributed by atoms with Gasteiger partial charge in [0.15, 0.2) is 5.71 Å². The molecule has 0 aromatic heterocycles. The molecule has 2 aliphatic heterocycles. The van der Waals surface area contributed by atoms with Crippen molar-refractivity contribution >= 4 is 66.0 Å². The Labute approximate surface area is 424 Å². The van der Waals surface area contributed by atoms with E-state index in [-0.39, 0.29) is 22.1 Å². The van der Waals surface area contributed by atoms with Crippen molar-refractivity contribution < 1.29 is 62.5 Å². The Bertz CT molecular complexity index is 2960. The zero-order valence-corrected chi connectivity index (χ0v) is 44.2. The van der Waals surface area contributed by atoms with Gasteiger partial charge >= 0.3 is 0 Å². The van der Waals surface area contributed by atoms with Crippen molar-refractivity contribution in [3.05, 3.63) is 119 Å². The van der Waals surface area contributed by atoms with Crippen molar-refractivity contribution in [1.29, 1.82) is 0 Å². The average molecular weight is 1060 g/mol. The lowest BCUT2D eigenvalue weighted by Gasteiger charge is -2.27. The maximum absolute atomic E-state index is 12.5. The molecular weight excluding hydrogens is 991 g/mol. The molecule has 0 saturated heterocycles. The molecule has 0 spiro atoms. The third kappa shape index (κ3) is 14.3. The Morgan fingerprint density at radius 2 is 1.51 bits per heavy atom. The smallest absolute Gasteiger partial charge is 0.294 e. The molecule has 2 heterocycles. The first-order valence-corrected chi connectivity index (χ1v) is 28.6. The SMILES string of the molecule is COCCOCCNC(=O)CCCCC[N+]1=C(/C=C/C2=C(Oc3ccc(S(=O)(=O)O)cc3)C(=C/C=C3/N(CCCCS(=O)(=O)O)c4ccc(S(=O)(=O)O)cc4C3(C)C)/CCC2)C(C)(C)c2cc(S)ccc21. The fraction of sp³-hybridized carbons (Fsp3) is 0.451. The molecule has 4 N–H and O–H groups in total. The minimum Gasteiger partial charge on any atom is -0.457 e. The zero-order chi connectivity index (χ0) is 51.8. The predicted molar refractivity (Wildman–Crippen MR) is 276 cm³/mol. The van der Waals surface area contributed by atoms with E-state index in [1.165, 1.54) is 36.4 Å². The van der Waals surface area contributed by atoms with E-state index in [1.54, 1.807) is 13.2 Å². The van der Waals surface area contributed by atoms with Gasteiger partial charge in [-0.2, -0.15) is 29.8 Å². The second-order valence-corrected chi connectivity index (χ2v) is 23.8. The van der Waals surface area contributed by atoms with Crippen molar-refractivity contribution in [3.8, 4) is 5.75 Å². The lowest BCUT2D eigenvalue weighted by Crippen LogP contribution is -2.28. The Morgan fingerprint density at radius 1 is 0.789 bits per heavy atom. The quantitative estimate of drug-likeness (QED) is 0.0245. The topological polar surface area (TPSA) is 226 Å². The van der Waals surface area contributed by atoms with Crippen molar-refractivity contribution in [2.75, 3.05) is 57.2 Å². The molecule has 1 aliphatic carbocycles. The zero-order valence-electron chi connectivity index (χ0n) is 40.9. The number of carbonyl (C=O) groups is 1. The van der Waals surface area contributed by atoms with Gasteiger partial charge in [0.1, 0.15) is 18.1 Å². The number of nitrogens with one attached hydrogen (secondary N) is 1. The molecule has 16 nitrogen and oxygen atoms in total. The highest BCUT2D eigenvalue weighted by atomic mass is 32.2. The highest BCUT2D eigenvalue weighted by Crippen LogP contribution is 2.49. The van der Waals surface area contributed by atoms with Gasteiger partial charge < -0.3 is 24.4 Å². The number of benzene rings is 3. The maximum Gasteiger partial charge on any atom is 0.294 e. The minimum atomic E-state index is -4.53. The van der Waals surface area contributed by atoms with Crippen LogP contribution in [-0.2, 0) is 55.5 Å². The van der Waals surface area contributed by atoms with Crippen molar-refractivity contribution in [3.63, 3.8) is 0 Å². The highest BCUT2D eigenvalue weighted by Gasteiger charge is 2.45. The van der Waals surface area contributed by atoms with Crippen molar-refractivity contribution in [1.82, 2.24) is 5.32 Å². The molecule has 3 aromatic carbocycles. The van der Waals surface area contributed by atoms with Crippen molar-refractivity contribution in [2.24, 2.45) is 0 Å². The Balaban J connectivity index is 1.36. The number of fused-ring (bicyclic) bond motifs is 2. The van der Waals surface area contributed by atoms with Crippen LogP contribution in [0, 0.1) is 0 Å². The number of methoxy groups -OCH3 is 1. The van der Waals surface area contributed by atoms with Gasteiger partial charge in [-0.15, -0.1) is 12.6 Å². The number of carbonyl (C=O) groups excluding carboxylic acids is 1. The molecular formula is C51H66N3O13S4+. The third-order valence-corrected chi connectivity index (χ3v) is 15.9. The summed E-state index contributed by atoms with van der Waals surface area (Å²) >= 11 is 4.69. The summed E-state index contributed by atoms with van der Waals surface area (Å²) in [6.07, 6.45) is 13.4. The molecule has 71 heavy (non-hydrogen) atoms. The molecule has 0 unspecified atom stereocenters. The number of amides is 1. The van der Waals surface area contributed by atoms with E-state index in [9.17, 15) is 43.7 Å². The molecule has 0 fully saturated rings. The van der Waals surface area contributed by atoms with Crippen LogP contribution in [0.1, 0.15) is 96.6 Å². The van der Waals surface area contributed by atoms with Crippen LogP contribution in [0.3, 0.4) is 0 Å². The van der Waals surface area contributed by atoms with Gasteiger partial charge in [0, 0.05) is 72.4 Å². The van der Waals surface area contributed by atoms with Crippen LogP contribution >= 0.6 is 12.6 Å². The number of rotatable bonds is 24. The minimum absolute atomic E-state index is 0.0142. The molecule has 0 atom stereocenters. The van der Waals surface area contributed by atoms with E-state index in [2.05, 4.69) is 48.0 Å². The normalized spacial score (nSPS) is 18.0. The van der Waals surface area contributed by atoms with E-state index >= 15 is 0 Å². The lowest BCUT2D eigenvalue weighted by atomic mass is 9.81.